The van der Waals surface area contributed by atoms with E-state index >= 15 is 0 Å². The number of aromatic nitrogens is 1. The summed E-state index contributed by atoms with van der Waals surface area (Å²) in [5, 5.41) is 0. The molecule has 5 heteroatoms. The van der Waals surface area contributed by atoms with Crippen molar-refractivity contribution in [1.82, 2.24) is 4.98 Å². The maximum atomic E-state index is 14.0. The first-order valence-corrected chi connectivity index (χ1v) is 6.58. The van der Waals surface area contributed by atoms with Gasteiger partial charge in [-0.25, -0.2) is 4.39 Å². The number of hydrogen-bond donors (Lipinski definition) is 0. The van der Waals surface area contributed by atoms with Gasteiger partial charge in [-0.2, -0.15) is 0 Å². The molecule has 0 amide bonds. The first-order valence-electron chi connectivity index (χ1n) is 6.58. The van der Waals surface area contributed by atoms with Crippen LogP contribution in [0.15, 0.2) is 30.5 Å². The van der Waals surface area contributed by atoms with Gasteiger partial charge in [-0.15, -0.1) is 0 Å². The quantitative estimate of drug-likeness (QED) is 0.820. The van der Waals surface area contributed by atoms with Gasteiger partial charge in [0.15, 0.2) is 11.6 Å². The maximum Gasteiger partial charge on any atom is 0.186 e. The molecule has 0 saturated carbocycles. The van der Waals surface area contributed by atoms with Crippen LogP contribution in [-0.2, 0) is 12.8 Å². The molecule has 0 aliphatic carbocycles. The standard InChI is InChI=1S/C16H18FNO3/c1-19-12-6-4-11(15(10-12)21-3)5-7-13-16(17)14(20-2)8-9-18-13/h4,6,8-10H,5,7H2,1-3H3. The van der Waals surface area contributed by atoms with Crippen LogP contribution in [0, 0.1) is 5.82 Å². The molecular weight excluding hydrogens is 273 g/mol. The van der Waals surface area contributed by atoms with Crippen LogP contribution < -0.4 is 14.2 Å². The Morgan fingerprint density at radius 3 is 2.38 bits per heavy atom. The van der Waals surface area contributed by atoms with Crippen LogP contribution in [-0.4, -0.2) is 26.3 Å². The van der Waals surface area contributed by atoms with Crippen molar-refractivity contribution in [2.24, 2.45) is 0 Å². The van der Waals surface area contributed by atoms with Gasteiger partial charge in [0, 0.05) is 18.3 Å². The van der Waals surface area contributed by atoms with Crippen LogP contribution in [0.5, 0.6) is 17.2 Å². The Balaban J connectivity index is 2.16. The SMILES string of the molecule is COc1ccc(CCc2nccc(OC)c2F)c(OC)c1. The summed E-state index contributed by atoms with van der Waals surface area (Å²) >= 11 is 0. The summed E-state index contributed by atoms with van der Waals surface area (Å²) in [7, 11) is 4.64. The second-order valence-electron chi connectivity index (χ2n) is 4.45. The van der Waals surface area contributed by atoms with E-state index in [0.717, 1.165) is 17.1 Å². The molecular formula is C16H18FNO3. The summed E-state index contributed by atoms with van der Waals surface area (Å²) in [6.07, 6.45) is 2.62. The number of pyridine rings is 1. The number of rotatable bonds is 6. The number of nitrogens with zero attached hydrogens (tertiary/aromatic N) is 1. The third kappa shape index (κ3) is 3.42. The monoisotopic (exact) mass is 291 g/mol. The Hall–Kier alpha value is -2.30. The third-order valence-corrected chi connectivity index (χ3v) is 3.27. The smallest absolute Gasteiger partial charge is 0.186 e. The van der Waals surface area contributed by atoms with Gasteiger partial charge >= 0.3 is 0 Å². The van der Waals surface area contributed by atoms with Gasteiger partial charge in [0.05, 0.1) is 27.0 Å². The molecule has 0 saturated heterocycles. The molecule has 0 aliphatic rings. The summed E-state index contributed by atoms with van der Waals surface area (Å²) in [6.45, 7) is 0. The highest BCUT2D eigenvalue weighted by molar-refractivity contribution is 5.41. The van der Waals surface area contributed by atoms with Gasteiger partial charge in [-0.1, -0.05) is 6.07 Å². The molecule has 112 valence electrons. The van der Waals surface area contributed by atoms with Gasteiger partial charge < -0.3 is 14.2 Å². The average Bonchev–Trinajstić information content (AvgIpc) is 2.53. The van der Waals surface area contributed by atoms with Crippen LogP contribution in [0.2, 0.25) is 0 Å². The Kier molecular flexibility index (Phi) is 4.98. The molecule has 1 aromatic heterocycles. The summed E-state index contributed by atoms with van der Waals surface area (Å²) in [4.78, 5) is 4.07. The maximum absolute atomic E-state index is 14.0. The van der Waals surface area contributed by atoms with Crippen LogP contribution in [0.25, 0.3) is 0 Å². The third-order valence-electron chi connectivity index (χ3n) is 3.27. The molecule has 2 rings (SSSR count). The fourth-order valence-corrected chi connectivity index (χ4v) is 2.11. The topological polar surface area (TPSA) is 40.6 Å². The van der Waals surface area contributed by atoms with Crippen LogP contribution in [0.3, 0.4) is 0 Å². The lowest BCUT2D eigenvalue weighted by Gasteiger charge is -2.11. The molecule has 1 aromatic carbocycles. The zero-order chi connectivity index (χ0) is 15.2. The summed E-state index contributed by atoms with van der Waals surface area (Å²) in [6, 6.07) is 7.08. The fraction of sp³-hybridized carbons (Fsp3) is 0.312. The van der Waals surface area contributed by atoms with Crippen LogP contribution in [0.4, 0.5) is 4.39 Å². The molecule has 1 heterocycles. The van der Waals surface area contributed by atoms with E-state index in [2.05, 4.69) is 4.98 Å². The molecule has 0 unspecified atom stereocenters. The molecule has 0 atom stereocenters. The van der Waals surface area contributed by atoms with Crippen LogP contribution in [0.1, 0.15) is 11.3 Å². The van der Waals surface area contributed by atoms with Gasteiger partial charge in [0.25, 0.3) is 0 Å². The van der Waals surface area contributed by atoms with Crippen LogP contribution >= 0.6 is 0 Å². The van der Waals surface area contributed by atoms with Crippen molar-refractivity contribution in [2.45, 2.75) is 12.8 Å². The zero-order valence-electron chi connectivity index (χ0n) is 12.4. The van der Waals surface area contributed by atoms with E-state index in [0.29, 0.717) is 18.5 Å². The van der Waals surface area contributed by atoms with Crippen molar-refractivity contribution >= 4 is 0 Å². The fourth-order valence-electron chi connectivity index (χ4n) is 2.11. The predicted molar refractivity (Wildman–Crippen MR) is 77.7 cm³/mol. The second-order valence-corrected chi connectivity index (χ2v) is 4.45. The van der Waals surface area contributed by atoms with E-state index in [-0.39, 0.29) is 5.75 Å². The van der Waals surface area contributed by atoms with E-state index in [1.54, 1.807) is 20.4 Å². The normalized spacial score (nSPS) is 10.3. The molecule has 4 nitrogen and oxygen atoms in total. The zero-order valence-corrected chi connectivity index (χ0v) is 12.4. The number of halogens is 1. The van der Waals surface area contributed by atoms with E-state index in [1.165, 1.54) is 13.2 Å². The van der Waals surface area contributed by atoms with E-state index in [1.807, 2.05) is 18.2 Å². The molecule has 21 heavy (non-hydrogen) atoms. The van der Waals surface area contributed by atoms with Crippen molar-refractivity contribution in [3.8, 4) is 17.2 Å². The molecule has 0 bridgehead atoms. The van der Waals surface area contributed by atoms with Gasteiger partial charge in [0.1, 0.15) is 11.5 Å². The highest BCUT2D eigenvalue weighted by atomic mass is 19.1. The van der Waals surface area contributed by atoms with Crippen molar-refractivity contribution in [3.05, 3.63) is 47.5 Å². The highest BCUT2D eigenvalue weighted by Gasteiger charge is 2.12. The van der Waals surface area contributed by atoms with Gasteiger partial charge in [0.2, 0.25) is 0 Å². The number of aryl methyl sites for hydroxylation is 2. The van der Waals surface area contributed by atoms with Crippen molar-refractivity contribution in [1.29, 1.82) is 0 Å². The number of benzene rings is 1. The van der Waals surface area contributed by atoms with Crippen molar-refractivity contribution < 1.29 is 18.6 Å². The summed E-state index contributed by atoms with van der Waals surface area (Å²) in [5.41, 5.74) is 1.36. The Morgan fingerprint density at radius 1 is 0.952 bits per heavy atom. The highest BCUT2D eigenvalue weighted by Crippen LogP contribution is 2.26. The molecule has 0 fully saturated rings. The minimum atomic E-state index is -0.410. The molecule has 2 aromatic rings. The summed E-state index contributed by atoms with van der Waals surface area (Å²) in [5.74, 6) is 1.24. The largest absolute Gasteiger partial charge is 0.497 e. The van der Waals surface area contributed by atoms with Crippen molar-refractivity contribution in [2.75, 3.05) is 21.3 Å². The van der Waals surface area contributed by atoms with E-state index in [9.17, 15) is 4.39 Å². The first-order chi connectivity index (χ1) is 10.2. The Bertz CT molecular complexity index is 616. The molecule has 0 aliphatic heterocycles. The van der Waals surface area contributed by atoms with E-state index < -0.39 is 5.82 Å². The minimum absolute atomic E-state index is 0.210. The first kappa shape index (κ1) is 15.1. The lowest BCUT2D eigenvalue weighted by Crippen LogP contribution is -2.02. The van der Waals surface area contributed by atoms with Gasteiger partial charge in [-0.05, 0) is 24.5 Å². The molecule has 0 spiro atoms. The summed E-state index contributed by atoms with van der Waals surface area (Å²) < 4.78 is 29.5. The second kappa shape index (κ2) is 6.92. The average molecular weight is 291 g/mol. The lowest BCUT2D eigenvalue weighted by molar-refractivity contribution is 0.381. The molecule has 0 radical (unpaired) electrons. The molecule has 0 N–H and O–H groups in total. The number of hydrogen-bond acceptors (Lipinski definition) is 4. The Morgan fingerprint density at radius 2 is 1.71 bits per heavy atom. The Labute approximate surface area is 123 Å². The minimum Gasteiger partial charge on any atom is -0.497 e. The number of ether oxygens (including phenoxy) is 3. The predicted octanol–water partition coefficient (Wildman–Crippen LogP) is 3.03. The van der Waals surface area contributed by atoms with Crippen molar-refractivity contribution in [3.63, 3.8) is 0 Å². The van der Waals surface area contributed by atoms with Gasteiger partial charge in [-0.3, -0.25) is 4.98 Å². The lowest BCUT2D eigenvalue weighted by atomic mass is 10.1. The van der Waals surface area contributed by atoms with E-state index in [4.69, 9.17) is 14.2 Å². The number of methoxy groups -OCH3 is 3.